The number of aryl methyl sites for hydroxylation is 1. The number of anilines is 3. The summed E-state index contributed by atoms with van der Waals surface area (Å²) >= 11 is 3.06. The molecule has 3 aromatic rings. The minimum absolute atomic E-state index is 0.346. The smallest absolute Gasteiger partial charge is 0.230 e. The molecule has 1 aliphatic carbocycles. The predicted molar refractivity (Wildman–Crippen MR) is 112 cm³/mol. The van der Waals surface area contributed by atoms with Crippen molar-refractivity contribution in [1.29, 1.82) is 0 Å². The molecule has 3 aromatic heterocycles. The van der Waals surface area contributed by atoms with Gasteiger partial charge in [-0.25, -0.2) is 4.98 Å². The second kappa shape index (κ2) is 7.12. The lowest BCUT2D eigenvalue weighted by atomic mass is 9.81. The van der Waals surface area contributed by atoms with Crippen LogP contribution in [0.2, 0.25) is 0 Å². The van der Waals surface area contributed by atoms with Gasteiger partial charge >= 0.3 is 0 Å². The summed E-state index contributed by atoms with van der Waals surface area (Å²) in [5, 5.41) is 9.61. The SMILES string of the molecule is Cc1cc(Nc2nc(N(C)C3CCC(C)(N=O)CC3)c3sccc3n2)sn1. The van der Waals surface area contributed by atoms with Crippen molar-refractivity contribution < 1.29 is 0 Å². The molecule has 0 unspecified atom stereocenters. The zero-order valence-electron chi connectivity index (χ0n) is 15.6. The normalized spacial score (nSPS) is 22.7. The Morgan fingerprint density at radius 1 is 1.33 bits per heavy atom. The molecule has 1 N–H and O–H groups in total. The monoisotopic (exact) mass is 402 g/mol. The van der Waals surface area contributed by atoms with E-state index in [4.69, 9.17) is 4.98 Å². The topological polar surface area (TPSA) is 83.4 Å². The van der Waals surface area contributed by atoms with Crippen LogP contribution in [0.5, 0.6) is 0 Å². The van der Waals surface area contributed by atoms with Gasteiger partial charge in [0, 0.05) is 13.1 Å². The zero-order valence-corrected chi connectivity index (χ0v) is 17.2. The average molecular weight is 403 g/mol. The quantitative estimate of drug-likeness (QED) is 0.598. The van der Waals surface area contributed by atoms with Gasteiger partial charge in [0.25, 0.3) is 0 Å². The Bertz CT molecular complexity index is 960. The van der Waals surface area contributed by atoms with Crippen LogP contribution in [0, 0.1) is 11.8 Å². The number of hydrogen-bond donors (Lipinski definition) is 1. The highest BCUT2D eigenvalue weighted by molar-refractivity contribution is 7.17. The number of fused-ring (bicyclic) bond motifs is 1. The number of nitrogens with one attached hydrogen (secondary N) is 1. The third kappa shape index (κ3) is 3.66. The maximum absolute atomic E-state index is 11.1. The Kier molecular flexibility index (Phi) is 4.81. The lowest BCUT2D eigenvalue weighted by molar-refractivity contribution is 0.291. The maximum Gasteiger partial charge on any atom is 0.230 e. The average Bonchev–Trinajstić information content (AvgIpc) is 3.30. The molecule has 0 atom stereocenters. The van der Waals surface area contributed by atoms with Crippen LogP contribution in [-0.2, 0) is 0 Å². The van der Waals surface area contributed by atoms with Gasteiger partial charge in [0.1, 0.15) is 5.00 Å². The molecule has 9 heteroatoms. The van der Waals surface area contributed by atoms with E-state index in [1.807, 2.05) is 31.4 Å². The second-order valence-electron chi connectivity index (χ2n) is 7.39. The Morgan fingerprint density at radius 2 is 2.11 bits per heavy atom. The van der Waals surface area contributed by atoms with Gasteiger partial charge in [-0.15, -0.1) is 11.3 Å². The first-order valence-electron chi connectivity index (χ1n) is 9.00. The van der Waals surface area contributed by atoms with Gasteiger partial charge in [0.2, 0.25) is 5.95 Å². The van der Waals surface area contributed by atoms with Gasteiger partial charge in [0.15, 0.2) is 5.82 Å². The molecule has 7 nitrogen and oxygen atoms in total. The number of aromatic nitrogens is 3. The van der Waals surface area contributed by atoms with E-state index in [1.54, 1.807) is 11.3 Å². The maximum atomic E-state index is 11.1. The van der Waals surface area contributed by atoms with Crippen LogP contribution in [0.25, 0.3) is 10.2 Å². The lowest BCUT2D eigenvalue weighted by Gasteiger charge is -2.37. The molecule has 0 bridgehead atoms. The summed E-state index contributed by atoms with van der Waals surface area (Å²) < 4.78 is 5.39. The summed E-state index contributed by atoms with van der Waals surface area (Å²) in [6, 6.07) is 4.36. The molecule has 0 saturated heterocycles. The summed E-state index contributed by atoms with van der Waals surface area (Å²) in [5.41, 5.74) is 1.50. The lowest BCUT2D eigenvalue weighted by Crippen LogP contribution is -2.40. The molecule has 0 amide bonds. The van der Waals surface area contributed by atoms with Crippen LogP contribution < -0.4 is 10.2 Å². The number of hydrogen-bond acceptors (Lipinski definition) is 9. The summed E-state index contributed by atoms with van der Waals surface area (Å²) in [4.78, 5) is 22.8. The fraction of sp³-hybridized carbons (Fsp3) is 0.500. The van der Waals surface area contributed by atoms with Crippen molar-refractivity contribution in [3.05, 3.63) is 28.1 Å². The third-order valence-electron chi connectivity index (χ3n) is 5.28. The van der Waals surface area contributed by atoms with Crippen LogP contribution in [-0.4, -0.2) is 33.0 Å². The van der Waals surface area contributed by atoms with Gasteiger partial charge in [-0.05, 0) is 68.6 Å². The van der Waals surface area contributed by atoms with E-state index in [9.17, 15) is 4.91 Å². The fourth-order valence-corrected chi connectivity index (χ4v) is 5.07. The molecule has 27 heavy (non-hydrogen) atoms. The Morgan fingerprint density at radius 3 is 2.78 bits per heavy atom. The van der Waals surface area contributed by atoms with E-state index in [0.717, 1.165) is 52.4 Å². The van der Waals surface area contributed by atoms with Gasteiger partial charge in [-0.2, -0.15) is 14.3 Å². The molecule has 1 aliphatic rings. The molecule has 1 fully saturated rings. The molecular weight excluding hydrogens is 380 g/mol. The third-order valence-corrected chi connectivity index (χ3v) is 6.98. The number of thiophene rings is 1. The van der Waals surface area contributed by atoms with Crippen molar-refractivity contribution in [2.45, 2.75) is 51.1 Å². The van der Waals surface area contributed by atoms with Gasteiger partial charge in [0.05, 0.1) is 21.4 Å². The predicted octanol–water partition coefficient (Wildman–Crippen LogP) is 5.10. The number of nitroso groups, excluding NO2 is 1. The largest absolute Gasteiger partial charge is 0.355 e. The first kappa shape index (κ1) is 18.2. The summed E-state index contributed by atoms with van der Waals surface area (Å²) in [6.07, 6.45) is 3.50. The highest BCUT2D eigenvalue weighted by Crippen LogP contribution is 2.37. The van der Waals surface area contributed by atoms with Gasteiger partial charge < -0.3 is 10.2 Å². The summed E-state index contributed by atoms with van der Waals surface area (Å²) in [5.74, 6) is 1.52. The van der Waals surface area contributed by atoms with Gasteiger partial charge in [-0.3, -0.25) is 0 Å². The Labute approximate surface area is 166 Å². The van der Waals surface area contributed by atoms with Crippen LogP contribution in [0.1, 0.15) is 38.3 Å². The van der Waals surface area contributed by atoms with Crippen molar-refractivity contribution in [2.75, 3.05) is 17.3 Å². The minimum atomic E-state index is -0.419. The van der Waals surface area contributed by atoms with Crippen LogP contribution >= 0.6 is 22.9 Å². The molecule has 0 radical (unpaired) electrons. The molecule has 0 aromatic carbocycles. The van der Waals surface area contributed by atoms with Crippen molar-refractivity contribution in [3.8, 4) is 0 Å². The zero-order chi connectivity index (χ0) is 19.0. The minimum Gasteiger partial charge on any atom is -0.355 e. The van der Waals surface area contributed by atoms with E-state index >= 15 is 0 Å². The van der Waals surface area contributed by atoms with E-state index < -0.39 is 5.54 Å². The second-order valence-corrected chi connectivity index (χ2v) is 9.11. The molecule has 3 heterocycles. The van der Waals surface area contributed by atoms with Crippen LogP contribution in [0.3, 0.4) is 0 Å². The number of nitrogens with zero attached hydrogens (tertiary/aromatic N) is 5. The van der Waals surface area contributed by atoms with Crippen LogP contribution in [0.15, 0.2) is 22.7 Å². The van der Waals surface area contributed by atoms with Gasteiger partial charge in [-0.1, -0.05) is 5.18 Å². The van der Waals surface area contributed by atoms with E-state index in [1.165, 1.54) is 11.5 Å². The van der Waals surface area contributed by atoms with E-state index in [-0.39, 0.29) is 0 Å². The molecule has 0 spiro atoms. The van der Waals surface area contributed by atoms with E-state index in [0.29, 0.717) is 12.0 Å². The molecular formula is C18H22N6OS2. The highest BCUT2D eigenvalue weighted by atomic mass is 32.1. The van der Waals surface area contributed by atoms with E-state index in [2.05, 4.69) is 31.8 Å². The first-order valence-corrected chi connectivity index (χ1v) is 10.7. The highest BCUT2D eigenvalue weighted by Gasteiger charge is 2.34. The van der Waals surface area contributed by atoms with Crippen molar-refractivity contribution in [1.82, 2.24) is 14.3 Å². The van der Waals surface area contributed by atoms with Crippen molar-refractivity contribution in [2.24, 2.45) is 5.18 Å². The summed E-state index contributed by atoms with van der Waals surface area (Å²) in [7, 11) is 2.09. The van der Waals surface area contributed by atoms with Crippen molar-refractivity contribution in [3.63, 3.8) is 0 Å². The fourth-order valence-electron chi connectivity index (χ4n) is 3.55. The summed E-state index contributed by atoms with van der Waals surface area (Å²) in [6.45, 7) is 3.92. The van der Waals surface area contributed by atoms with Crippen LogP contribution in [0.4, 0.5) is 16.8 Å². The Balaban J connectivity index is 1.62. The first-order chi connectivity index (χ1) is 13.0. The molecule has 0 aliphatic heterocycles. The molecule has 142 valence electrons. The Hall–Kier alpha value is -2.13. The number of rotatable bonds is 5. The molecule has 4 rings (SSSR count). The van der Waals surface area contributed by atoms with Crippen molar-refractivity contribution >= 4 is 49.9 Å². The molecule has 1 saturated carbocycles. The standard InChI is InChI=1S/C18H22N6OS2/c1-11-10-14(27-22-11)20-17-19-13-6-9-26-15(13)16(21-17)24(3)12-4-7-18(2,23-25)8-5-12/h6,9-10,12H,4-5,7-8H2,1-3H3,(H,19,20,21).